The SMILES string of the molecule is CCCOCc1ncc(-c2ccc3nc(NC(=O)C4CC(N5CCN(C(=O)c6ccc(C(F)(F)F)cn6)C[C@@H]5C)C4)sc3c2)cn1. The summed E-state index contributed by atoms with van der Waals surface area (Å²) in [5.74, 6) is 0.0703. The van der Waals surface area contributed by atoms with Crippen LogP contribution in [0, 0.1) is 5.92 Å². The van der Waals surface area contributed by atoms with Crippen LogP contribution in [0.25, 0.3) is 21.3 Å². The fraction of sp³-hybridized carbons (Fsp3) is 0.438. The van der Waals surface area contributed by atoms with E-state index in [1.54, 1.807) is 17.3 Å². The summed E-state index contributed by atoms with van der Waals surface area (Å²) in [6.45, 7) is 6.62. The second kappa shape index (κ2) is 13.4. The Bertz CT molecular complexity index is 1690. The van der Waals surface area contributed by atoms with Gasteiger partial charge in [-0.2, -0.15) is 13.2 Å². The number of rotatable bonds is 9. The molecule has 1 aliphatic carbocycles. The molecule has 0 bridgehead atoms. The number of anilines is 1. The summed E-state index contributed by atoms with van der Waals surface area (Å²) in [6.07, 6.45) is 2.11. The Hall–Kier alpha value is -4.01. The highest BCUT2D eigenvalue weighted by atomic mass is 32.1. The predicted molar refractivity (Wildman–Crippen MR) is 167 cm³/mol. The zero-order valence-electron chi connectivity index (χ0n) is 25.5. The number of hydrogen-bond acceptors (Lipinski definition) is 9. The summed E-state index contributed by atoms with van der Waals surface area (Å²) in [7, 11) is 0. The van der Waals surface area contributed by atoms with Crippen LogP contribution in [0.2, 0.25) is 0 Å². The lowest BCUT2D eigenvalue weighted by Crippen LogP contribution is -2.60. The molecule has 1 saturated heterocycles. The van der Waals surface area contributed by atoms with Gasteiger partial charge in [0.25, 0.3) is 5.91 Å². The van der Waals surface area contributed by atoms with Gasteiger partial charge in [0.05, 0.1) is 15.8 Å². The quantitative estimate of drug-likeness (QED) is 0.231. The Morgan fingerprint density at radius 1 is 1.04 bits per heavy atom. The van der Waals surface area contributed by atoms with E-state index in [1.165, 1.54) is 11.3 Å². The number of alkyl halides is 3. The molecule has 1 saturated carbocycles. The second-order valence-electron chi connectivity index (χ2n) is 11.7. The van der Waals surface area contributed by atoms with Gasteiger partial charge in [0.1, 0.15) is 12.3 Å². The fourth-order valence-electron chi connectivity index (χ4n) is 5.87. The summed E-state index contributed by atoms with van der Waals surface area (Å²) in [5, 5.41) is 3.55. The van der Waals surface area contributed by atoms with Crippen molar-refractivity contribution >= 4 is 38.5 Å². The van der Waals surface area contributed by atoms with Gasteiger partial charge in [-0.25, -0.2) is 15.0 Å². The molecule has 0 unspecified atom stereocenters. The number of pyridine rings is 1. The molecule has 4 heterocycles. The number of piperazine rings is 1. The first-order chi connectivity index (χ1) is 22.1. The number of amides is 2. The van der Waals surface area contributed by atoms with Crippen molar-refractivity contribution in [3.63, 3.8) is 0 Å². The molecule has 1 atom stereocenters. The Balaban J connectivity index is 0.991. The third-order valence-electron chi connectivity index (χ3n) is 8.47. The smallest absolute Gasteiger partial charge is 0.373 e. The van der Waals surface area contributed by atoms with Crippen LogP contribution in [0.1, 0.15) is 55.0 Å². The van der Waals surface area contributed by atoms with Gasteiger partial charge in [0.2, 0.25) is 5.91 Å². The molecule has 3 aromatic heterocycles. The van der Waals surface area contributed by atoms with Gasteiger partial charge >= 0.3 is 6.18 Å². The second-order valence-corrected chi connectivity index (χ2v) is 12.8. The molecular weight excluding hydrogens is 619 g/mol. The van der Waals surface area contributed by atoms with E-state index in [0.717, 1.165) is 39.9 Å². The first kappa shape index (κ1) is 32.0. The number of aromatic nitrogens is 4. The number of carbonyl (C=O) groups excluding carboxylic acids is 2. The lowest BCUT2D eigenvalue weighted by atomic mass is 9.78. The molecule has 6 rings (SSSR count). The van der Waals surface area contributed by atoms with Crippen molar-refractivity contribution in [2.45, 2.75) is 58.0 Å². The van der Waals surface area contributed by atoms with E-state index in [0.29, 0.717) is 62.8 Å². The summed E-state index contributed by atoms with van der Waals surface area (Å²) in [6, 6.07) is 8.17. The number of benzene rings is 1. The molecule has 10 nitrogen and oxygen atoms in total. The van der Waals surface area contributed by atoms with Crippen molar-refractivity contribution in [1.29, 1.82) is 0 Å². The number of nitrogens with one attached hydrogen (secondary N) is 1. The topological polar surface area (TPSA) is 113 Å². The van der Waals surface area contributed by atoms with Crippen molar-refractivity contribution in [1.82, 2.24) is 29.7 Å². The Morgan fingerprint density at radius 3 is 2.50 bits per heavy atom. The van der Waals surface area contributed by atoms with E-state index < -0.39 is 11.7 Å². The van der Waals surface area contributed by atoms with Gasteiger partial charge in [-0.15, -0.1) is 0 Å². The van der Waals surface area contributed by atoms with E-state index in [2.05, 4.69) is 37.1 Å². The minimum absolute atomic E-state index is 0.00326. The molecule has 4 aromatic rings. The van der Waals surface area contributed by atoms with Gasteiger partial charge in [0.15, 0.2) is 11.0 Å². The Labute approximate surface area is 268 Å². The number of halogens is 3. The zero-order chi connectivity index (χ0) is 32.4. The summed E-state index contributed by atoms with van der Waals surface area (Å²) < 4.78 is 45.0. The molecule has 1 aliphatic heterocycles. The molecule has 2 amide bonds. The minimum atomic E-state index is -4.50. The Morgan fingerprint density at radius 2 is 1.83 bits per heavy atom. The number of ether oxygens (including phenoxy) is 1. The van der Waals surface area contributed by atoms with Crippen LogP contribution in [0.3, 0.4) is 0 Å². The van der Waals surface area contributed by atoms with E-state index >= 15 is 0 Å². The van der Waals surface area contributed by atoms with Crippen LogP contribution >= 0.6 is 11.3 Å². The van der Waals surface area contributed by atoms with E-state index in [9.17, 15) is 22.8 Å². The molecule has 14 heteroatoms. The maximum atomic E-state index is 13.1. The summed E-state index contributed by atoms with van der Waals surface area (Å²) in [5.41, 5.74) is 1.76. The van der Waals surface area contributed by atoms with E-state index in [4.69, 9.17) is 4.74 Å². The van der Waals surface area contributed by atoms with Crippen LogP contribution in [-0.4, -0.2) is 79.9 Å². The van der Waals surface area contributed by atoms with Crippen LogP contribution in [0.15, 0.2) is 48.9 Å². The molecule has 0 radical (unpaired) electrons. The maximum absolute atomic E-state index is 13.1. The van der Waals surface area contributed by atoms with E-state index in [-0.39, 0.29) is 35.5 Å². The van der Waals surface area contributed by atoms with Gasteiger partial charge in [-0.05, 0) is 56.0 Å². The van der Waals surface area contributed by atoms with Crippen molar-refractivity contribution < 1.29 is 27.5 Å². The first-order valence-corrected chi connectivity index (χ1v) is 16.1. The molecule has 2 fully saturated rings. The summed E-state index contributed by atoms with van der Waals surface area (Å²) in [4.78, 5) is 47.0. The van der Waals surface area contributed by atoms with Gasteiger partial charge in [-0.3, -0.25) is 19.5 Å². The van der Waals surface area contributed by atoms with Gasteiger partial charge in [0, 0.05) is 68.4 Å². The minimum Gasteiger partial charge on any atom is -0.373 e. The van der Waals surface area contributed by atoms with E-state index in [1.807, 2.05) is 25.1 Å². The number of hydrogen-bond donors (Lipinski definition) is 1. The summed E-state index contributed by atoms with van der Waals surface area (Å²) >= 11 is 1.42. The van der Waals surface area contributed by atoms with Crippen LogP contribution in [0.5, 0.6) is 0 Å². The maximum Gasteiger partial charge on any atom is 0.417 e. The standard InChI is InChI=1S/C32H34F3N7O3S/c1-3-10-45-18-28-37-14-22(15-38-28)20-4-6-25-27(13-20)46-31(39-25)40-29(43)21-11-24(12-21)42-9-8-41(17-19(42)2)30(44)26-7-5-23(16-36-26)32(33,34)35/h4-7,13-16,19,21,24H,3,8-12,17-18H2,1-2H3,(H,39,40,43)/t19-,21?,24?/m0/s1. The number of fused-ring (bicyclic) bond motifs is 1. The lowest BCUT2D eigenvalue weighted by molar-refractivity contribution is -0.137. The predicted octanol–water partition coefficient (Wildman–Crippen LogP) is 5.66. The highest BCUT2D eigenvalue weighted by Crippen LogP contribution is 2.36. The van der Waals surface area contributed by atoms with Crippen LogP contribution in [0.4, 0.5) is 18.3 Å². The third kappa shape index (κ3) is 7.03. The molecule has 1 N–H and O–H groups in total. The molecular formula is C32H34F3N7O3S. The highest BCUT2D eigenvalue weighted by molar-refractivity contribution is 7.22. The van der Waals surface area contributed by atoms with Crippen molar-refractivity contribution in [2.75, 3.05) is 31.6 Å². The van der Waals surface area contributed by atoms with Gasteiger partial charge in [-0.1, -0.05) is 24.3 Å². The zero-order valence-corrected chi connectivity index (χ0v) is 26.3. The monoisotopic (exact) mass is 653 g/mol. The average molecular weight is 654 g/mol. The van der Waals surface area contributed by atoms with Gasteiger partial charge < -0.3 is 15.0 Å². The number of carbonyl (C=O) groups is 2. The Kier molecular flexibility index (Phi) is 9.29. The van der Waals surface area contributed by atoms with Crippen molar-refractivity contribution in [3.05, 3.63) is 66.0 Å². The third-order valence-corrected chi connectivity index (χ3v) is 9.40. The lowest BCUT2D eigenvalue weighted by Gasteiger charge is -2.49. The van der Waals surface area contributed by atoms with Crippen LogP contribution in [-0.2, 0) is 22.3 Å². The highest BCUT2D eigenvalue weighted by Gasteiger charge is 2.42. The van der Waals surface area contributed by atoms with Crippen molar-refractivity contribution in [3.8, 4) is 11.1 Å². The molecule has 1 aromatic carbocycles. The molecule has 2 aliphatic rings. The first-order valence-electron chi connectivity index (χ1n) is 15.3. The fourth-order valence-corrected chi connectivity index (χ4v) is 6.78. The normalized spacial score (nSPS) is 20.5. The molecule has 0 spiro atoms. The number of thiazole rings is 1. The molecule has 46 heavy (non-hydrogen) atoms. The largest absolute Gasteiger partial charge is 0.417 e. The molecule has 242 valence electrons. The van der Waals surface area contributed by atoms with Crippen molar-refractivity contribution in [2.24, 2.45) is 5.92 Å². The van der Waals surface area contributed by atoms with Crippen LogP contribution < -0.4 is 5.32 Å². The average Bonchev–Trinajstić information content (AvgIpc) is 3.42. The number of nitrogens with zero attached hydrogens (tertiary/aromatic N) is 6.